The molecule has 0 aliphatic carbocycles. The molecule has 0 radical (unpaired) electrons. The van der Waals surface area contributed by atoms with Gasteiger partial charge >= 0.3 is 0 Å². The first-order valence-electron chi connectivity index (χ1n) is 5.23. The largest absolute Gasteiger partial charge is 0.319 e. The maximum Gasteiger partial charge on any atom is 0.204 e. The summed E-state index contributed by atoms with van der Waals surface area (Å²) in [6.07, 6.45) is 4.56. The van der Waals surface area contributed by atoms with Gasteiger partial charge < -0.3 is 9.88 Å². The average Bonchev–Trinajstić information content (AvgIpc) is 2.49. The van der Waals surface area contributed by atoms with Crippen molar-refractivity contribution in [2.45, 2.75) is 19.4 Å². The molecule has 0 atom stereocenters. The molecule has 0 spiro atoms. The highest BCUT2D eigenvalue weighted by molar-refractivity contribution is 7.98. The minimum absolute atomic E-state index is 0.434. The van der Waals surface area contributed by atoms with Crippen LogP contribution in [0.2, 0.25) is 10.4 Å². The Morgan fingerprint density at radius 2 is 2.12 bits per heavy atom. The number of aromatic nitrogens is 2. The van der Waals surface area contributed by atoms with Gasteiger partial charge in [-0.25, -0.2) is 4.98 Å². The van der Waals surface area contributed by atoms with Crippen molar-refractivity contribution in [1.82, 2.24) is 14.9 Å². The predicted molar refractivity (Wildman–Crippen MR) is 72.6 cm³/mol. The molecule has 0 aromatic carbocycles. The van der Waals surface area contributed by atoms with Gasteiger partial charge in [0.15, 0.2) is 5.15 Å². The summed E-state index contributed by atoms with van der Waals surface area (Å²) in [4.78, 5) is 3.99. The maximum atomic E-state index is 5.95. The number of halogens is 2. The zero-order valence-corrected chi connectivity index (χ0v) is 11.9. The molecular formula is C10H17Cl2N3S. The van der Waals surface area contributed by atoms with Gasteiger partial charge in [0.1, 0.15) is 0 Å². The number of unbranched alkanes of at least 4 members (excludes halogenated alkanes) is 1. The third-order valence-corrected chi connectivity index (χ3v) is 3.69. The number of nitrogens with one attached hydrogen (secondary N) is 1. The fraction of sp³-hybridized carbons (Fsp3) is 0.700. The third kappa shape index (κ3) is 4.17. The molecule has 92 valence electrons. The molecule has 6 heteroatoms. The number of hydrogen-bond acceptors (Lipinski definition) is 3. The van der Waals surface area contributed by atoms with Crippen LogP contribution in [0.1, 0.15) is 18.5 Å². The molecule has 0 aliphatic rings. The summed E-state index contributed by atoms with van der Waals surface area (Å²) >= 11 is 13.7. The highest BCUT2D eigenvalue weighted by atomic mass is 35.5. The molecular weight excluding hydrogens is 265 g/mol. The van der Waals surface area contributed by atoms with Crippen LogP contribution in [-0.2, 0) is 13.6 Å². The van der Waals surface area contributed by atoms with Gasteiger partial charge in [-0.15, -0.1) is 0 Å². The van der Waals surface area contributed by atoms with E-state index in [1.165, 1.54) is 18.6 Å². The Labute approximate surface area is 111 Å². The van der Waals surface area contributed by atoms with E-state index in [4.69, 9.17) is 23.2 Å². The molecule has 1 aromatic heterocycles. The normalized spacial score (nSPS) is 11.0. The fourth-order valence-electron chi connectivity index (χ4n) is 1.36. The lowest BCUT2D eigenvalue weighted by atomic mass is 10.3. The topological polar surface area (TPSA) is 29.9 Å². The first kappa shape index (κ1) is 14.2. The van der Waals surface area contributed by atoms with Crippen LogP contribution in [0.3, 0.4) is 0 Å². The smallest absolute Gasteiger partial charge is 0.204 e. The molecule has 0 bridgehead atoms. The van der Waals surface area contributed by atoms with E-state index in [1.54, 1.807) is 4.57 Å². The van der Waals surface area contributed by atoms with Crippen molar-refractivity contribution in [3.8, 4) is 0 Å². The van der Waals surface area contributed by atoms with E-state index in [0.29, 0.717) is 17.0 Å². The van der Waals surface area contributed by atoms with Crippen LogP contribution in [0.15, 0.2) is 0 Å². The van der Waals surface area contributed by atoms with Crippen molar-refractivity contribution in [1.29, 1.82) is 0 Å². The summed E-state index contributed by atoms with van der Waals surface area (Å²) in [5.41, 5.74) is 0.941. The number of rotatable bonds is 7. The first-order valence-corrected chi connectivity index (χ1v) is 7.38. The summed E-state index contributed by atoms with van der Waals surface area (Å²) in [6.45, 7) is 1.72. The Morgan fingerprint density at radius 1 is 1.38 bits per heavy atom. The number of thioether (sulfide) groups is 1. The van der Waals surface area contributed by atoms with Gasteiger partial charge in [-0.1, -0.05) is 11.6 Å². The molecule has 1 N–H and O–H groups in total. The van der Waals surface area contributed by atoms with E-state index in [2.05, 4.69) is 16.6 Å². The SMILES string of the molecule is CSCCCCNCc1c(Cl)nc(Cl)n1C. The second-order valence-corrected chi connectivity index (χ2v) is 5.24. The average molecular weight is 282 g/mol. The van der Waals surface area contributed by atoms with Crippen molar-refractivity contribution in [2.75, 3.05) is 18.6 Å². The van der Waals surface area contributed by atoms with E-state index < -0.39 is 0 Å². The van der Waals surface area contributed by atoms with Crippen molar-refractivity contribution in [3.63, 3.8) is 0 Å². The summed E-state index contributed by atoms with van der Waals surface area (Å²) in [6, 6.07) is 0. The van der Waals surface area contributed by atoms with E-state index in [9.17, 15) is 0 Å². The van der Waals surface area contributed by atoms with Gasteiger partial charge in [0.25, 0.3) is 0 Å². The van der Waals surface area contributed by atoms with Crippen LogP contribution in [0.5, 0.6) is 0 Å². The third-order valence-electron chi connectivity index (χ3n) is 2.35. The van der Waals surface area contributed by atoms with Crippen LogP contribution >= 0.6 is 35.0 Å². The van der Waals surface area contributed by atoms with Crippen LogP contribution in [0, 0.1) is 0 Å². The van der Waals surface area contributed by atoms with Crippen LogP contribution in [0.4, 0.5) is 0 Å². The standard InChI is InChI=1S/C10H17Cl2N3S/c1-15-8(9(11)14-10(15)12)7-13-5-3-4-6-16-2/h13H,3-7H2,1-2H3. The highest BCUT2D eigenvalue weighted by Crippen LogP contribution is 2.18. The Bertz CT molecular complexity index is 328. The second kappa shape index (κ2) is 7.43. The molecule has 16 heavy (non-hydrogen) atoms. The fourth-order valence-corrected chi connectivity index (χ4v) is 2.36. The summed E-state index contributed by atoms with van der Waals surface area (Å²) in [7, 11) is 1.87. The molecule has 0 saturated heterocycles. The Hall–Kier alpha value is 0.1000. The molecule has 1 heterocycles. The molecule has 0 saturated carbocycles. The summed E-state index contributed by atoms with van der Waals surface area (Å²) in [5.74, 6) is 1.22. The van der Waals surface area contributed by atoms with Crippen LogP contribution in [0.25, 0.3) is 0 Å². The lowest BCUT2D eigenvalue weighted by molar-refractivity contribution is 0.621. The minimum atomic E-state index is 0.434. The van der Waals surface area contributed by atoms with Crippen LogP contribution in [-0.4, -0.2) is 28.1 Å². The monoisotopic (exact) mass is 281 g/mol. The minimum Gasteiger partial charge on any atom is -0.319 e. The molecule has 0 amide bonds. The Morgan fingerprint density at radius 3 is 2.69 bits per heavy atom. The Kier molecular flexibility index (Phi) is 6.58. The second-order valence-electron chi connectivity index (χ2n) is 3.55. The lowest BCUT2D eigenvalue weighted by Gasteiger charge is -2.06. The van der Waals surface area contributed by atoms with E-state index in [-0.39, 0.29) is 0 Å². The summed E-state index contributed by atoms with van der Waals surface area (Å²) < 4.78 is 1.80. The first-order chi connectivity index (χ1) is 7.66. The van der Waals surface area contributed by atoms with Crippen molar-refractivity contribution >= 4 is 35.0 Å². The van der Waals surface area contributed by atoms with Gasteiger partial charge in [-0.05, 0) is 43.0 Å². The summed E-state index contributed by atoms with van der Waals surface area (Å²) in [5, 5.41) is 4.27. The quantitative estimate of drug-likeness (QED) is 0.780. The van der Waals surface area contributed by atoms with E-state index in [1.807, 2.05) is 18.8 Å². The van der Waals surface area contributed by atoms with E-state index in [0.717, 1.165) is 12.2 Å². The predicted octanol–water partition coefficient (Wildman–Crippen LogP) is 2.96. The molecule has 3 nitrogen and oxygen atoms in total. The highest BCUT2D eigenvalue weighted by Gasteiger charge is 2.10. The van der Waals surface area contributed by atoms with Crippen molar-refractivity contribution in [3.05, 3.63) is 16.1 Å². The van der Waals surface area contributed by atoms with Gasteiger partial charge in [-0.2, -0.15) is 11.8 Å². The lowest BCUT2D eigenvalue weighted by Crippen LogP contribution is -2.17. The molecule has 1 aromatic rings. The number of imidazole rings is 1. The van der Waals surface area contributed by atoms with Crippen molar-refractivity contribution < 1.29 is 0 Å². The van der Waals surface area contributed by atoms with Gasteiger partial charge in [-0.3, -0.25) is 0 Å². The zero-order chi connectivity index (χ0) is 12.0. The Balaban J connectivity index is 2.26. The number of nitrogens with zero attached hydrogens (tertiary/aromatic N) is 2. The van der Waals surface area contributed by atoms with Crippen LogP contribution < -0.4 is 5.32 Å². The maximum absolute atomic E-state index is 5.95. The molecule has 0 aliphatic heterocycles. The number of hydrogen-bond donors (Lipinski definition) is 1. The van der Waals surface area contributed by atoms with Gasteiger partial charge in [0.05, 0.1) is 5.69 Å². The molecule has 0 unspecified atom stereocenters. The van der Waals surface area contributed by atoms with Gasteiger partial charge in [0.2, 0.25) is 5.28 Å². The molecule has 0 fully saturated rings. The van der Waals surface area contributed by atoms with Gasteiger partial charge in [0, 0.05) is 13.6 Å². The van der Waals surface area contributed by atoms with Crippen molar-refractivity contribution in [2.24, 2.45) is 7.05 Å². The van der Waals surface area contributed by atoms with E-state index >= 15 is 0 Å². The zero-order valence-electron chi connectivity index (χ0n) is 9.59. The molecule has 1 rings (SSSR count).